The summed E-state index contributed by atoms with van der Waals surface area (Å²) in [5.41, 5.74) is 4.45. The molecule has 1 amide bonds. The Morgan fingerprint density at radius 2 is 2.03 bits per heavy atom. The average molecular weight is 473 g/mol. The molecule has 11 heteroatoms. The first-order valence-corrected chi connectivity index (χ1v) is 11.3. The molecule has 1 aromatic carbocycles. The fourth-order valence-corrected chi connectivity index (χ4v) is 4.49. The topological polar surface area (TPSA) is 127 Å². The Morgan fingerprint density at radius 1 is 1.17 bits per heavy atom. The van der Waals surface area contributed by atoms with Crippen molar-refractivity contribution in [2.24, 2.45) is 0 Å². The van der Waals surface area contributed by atoms with E-state index in [2.05, 4.69) is 25.8 Å². The summed E-state index contributed by atoms with van der Waals surface area (Å²) in [5.74, 6) is 0.285. The van der Waals surface area contributed by atoms with E-state index >= 15 is 0 Å². The number of imidazole rings is 1. The number of ether oxygens (including phenoxy) is 1. The number of anilines is 1. The monoisotopic (exact) mass is 473 g/mol. The molecule has 35 heavy (non-hydrogen) atoms. The lowest BCUT2D eigenvalue weighted by Crippen LogP contribution is -2.51. The molecule has 2 atom stereocenters. The number of amides is 1. The number of rotatable bonds is 4. The minimum Gasteiger partial charge on any atom is -0.448 e. The molecule has 2 fully saturated rings. The van der Waals surface area contributed by atoms with E-state index in [0.29, 0.717) is 47.4 Å². The van der Waals surface area contributed by atoms with Crippen LogP contribution in [0.25, 0.3) is 17.0 Å². The highest BCUT2D eigenvalue weighted by Crippen LogP contribution is 2.30. The van der Waals surface area contributed by atoms with Gasteiger partial charge in [0.05, 0.1) is 6.20 Å². The summed E-state index contributed by atoms with van der Waals surface area (Å²) in [6.07, 6.45) is 3.40. The third-order valence-electron chi connectivity index (χ3n) is 6.48. The van der Waals surface area contributed by atoms with Gasteiger partial charge in [0.15, 0.2) is 0 Å². The molecule has 0 radical (unpaired) electrons. The van der Waals surface area contributed by atoms with Crippen LogP contribution in [0.15, 0.2) is 47.2 Å². The molecule has 0 unspecified atom stereocenters. The van der Waals surface area contributed by atoms with Crippen molar-refractivity contribution in [3.05, 3.63) is 65.4 Å². The predicted molar refractivity (Wildman–Crippen MR) is 125 cm³/mol. The van der Waals surface area contributed by atoms with Crippen LogP contribution in [0, 0.1) is 13.8 Å². The molecule has 11 nitrogen and oxygen atoms in total. The van der Waals surface area contributed by atoms with E-state index in [0.717, 1.165) is 11.1 Å². The van der Waals surface area contributed by atoms with Crippen molar-refractivity contribution in [3.8, 4) is 11.4 Å². The standard InChI is InChI=1S/C24H23N7O4/c1-13-5-6-30-17(11-26-20(30)7-13)22(32)27-16-8-15(4-3-14(16)2)21-28-23(35-29-21)18-9-25-10-19-24(33)34-12-31(18)19/h3-8,11,18-19,25H,9-10,12H2,1-2H3,(H,27,32)/t18-,19-/m0/s1. The van der Waals surface area contributed by atoms with Crippen LogP contribution < -0.4 is 10.6 Å². The largest absolute Gasteiger partial charge is 0.448 e. The number of aryl methyl sites for hydroxylation is 2. The van der Waals surface area contributed by atoms with Crippen molar-refractivity contribution < 1.29 is 18.8 Å². The van der Waals surface area contributed by atoms with Gasteiger partial charge in [-0.2, -0.15) is 4.98 Å². The van der Waals surface area contributed by atoms with E-state index in [1.165, 1.54) is 0 Å². The first-order valence-electron chi connectivity index (χ1n) is 11.3. The molecule has 4 aromatic rings. The number of carbonyl (C=O) groups is 2. The predicted octanol–water partition coefficient (Wildman–Crippen LogP) is 2.08. The van der Waals surface area contributed by atoms with Gasteiger partial charge in [0.2, 0.25) is 11.7 Å². The van der Waals surface area contributed by atoms with Gasteiger partial charge in [0.25, 0.3) is 5.91 Å². The number of benzene rings is 1. The van der Waals surface area contributed by atoms with Gasteiger partial charge in [-0.05, 0) is 43.2 Å². The number of esters is 1. The number of cyclic esters (lactones) is 1. The van der Waals surface area contributed by atoms with E-state index in [9.17, 15) is 9.59 Å². The number of hydrogen-bond acceptors (Lipinski definition) is 9. The molecule has 0 aliphatic carbocycles. The number of hydrogen-bond donors (Lipinski definition) is 2. The maximum Gasteiger partial charge on any atom is 0.326 e. The molecule has 6 rings (SSSR count). The summed E-state index contributed by atoms with van der Waals surface area (Å²) in [6, 6.07) is 8.83. The second kappa shape index (κ2) is 8.29. The van der Waals surface area contributed by atoms with E-state index in [1.807, 2.05) is 55.3 Å². The second-order valence-electron chi connectivity index (χ2n) is 8.81. The van der Waals surface area contributed by atoms with Crippen molar-refractivity contribution in [3.63, 3.8) is 0 Å². The van der Waals surface area contributed by atoms with Crippen molar-refractivity contribution >= 4 is 23.2 Å². The van der Waals surface area contributed by atoms with Gasteiger partial charge in [-0.3, -0.25) is 14.0 Å². The highest BCUT2D eigenvalue weighted by Gasteiger charge is 2.44. The smallest absolute Gasteiger partial charge is 0.326 e. The highest BCUT2D eigenvalue weighted by molar-refractivity contribution is 6.04. The van der Waals surface area contributed by atoms with Crippen LogP contribution in [0.5, 0.6) is 0 Å². The highest BCUT2D eigenvalue weighted by atomic mass is 16.6. The Hall–Kier alpha value is -4.09. The first-order chi connectivity index (χ1) is 17.0. The summed E-state index contributed by atoms with van der Waals surface area (Å²) < 4.78 is 12.5. The zero-order chi connectivity index (χ0) is 24.1. The van der Waals surface area contributed by atoms with Crippen molar-refractivity contribution in [1.82, 2.24) is 29.7 Å². The van der Waals surface area contributed by atoms with Gasteiger partial charge < -0.3 is 19.9 Å². The lowest BCUT2D eigenvalue weighted by Gasteiger charge is -2.32. The number of fused-ring (bicyclic) bond motifs is 2. The van der Waals surface area contributed by atoms with E-state index < -0.39 is 0 Å². The number of nitrogens with one attached hydrogen (secondary N) is 2. The van der Waals surface area contributed by atoms with Crippen LogP contribution in [0.2, 0.25) is 0 Å². The van der Waals surface area contributed by atoms with Crippen molar-refractivity contribution in [2.45, 2.75) is 25.9 Å². The van der Waals surface area contributed by atoms with Gasteiger partial charge >= 0.3 is 5.97 Å². The van der Waals surface area contributed by atoms with Crippen LogP contribution in [0.1, 0.15) is 33.5 Å². The number of aromatic nitrogens is 4. The molecule has 3 aromatic heterocycles. The molecule has 5 heterocycles. The zero-order valence-corrected chi connectivity index (χ0v) is 19.2. The molecular formula is C24H23N7O4. The van der Waals surface area contributed by atoms with Gasteiger partial charge in [-0.1, -0.05) is 17.3 Å². The lowest BCUT2D eigenvalue weighted by molar-refractivity contribution is -0.139. The van der Waals surface area contributed by atoms with Crippen LogP contribution in [0.4, 0.5) is 5.69 Å². The number of piperazine rings is 1. The quantitative estimate of drug-likeness (QED) is 0.428. The SMILES string of the molecule is Cc1ccn2c(C(=O)Nc3cc(-c4noc([C@@H]5CNC[C@H]6C(=O)OCN65)n4)ccc3C)cnc2c1. The Balaban J connectivity index is 1.25. The summed E-state index contributed by atoms with van der Waals surface area (Å²) >= 11 is 0. The van der Waals surface area contributed by atoms with Crippen LogP contribution in [0.3, 0.4) is 0 Å². The first kappa shape index (κ1) is 21.4. The molecule has 2 N–H and O–H groups in total. The van der Waals surface area contributed by atoms with Gasteiger partial charge in [-0.15, -0.1) is 0 Å². The van der Waals surface area contributed by atoms with Crippen LogP contribution >= 0.6 is 0 Å². The maximum absolute atomic E-state index is 13.0. The zero-order valence-electron chi connectivity index (χ0n) is 19.2. The fourth-order valence-electron chi connectivity index (χ4n) is 4.49. The summed E-state index contributed by atoms with van der Waals surface area (Å²) in [5, 5.41) is 10.4. The third kappa shape index (κ3) is 3.74. The maximum atomic E-state index is 13.0. The Labute approximate surface area is 200 Å². The second-order valence-corrected chi connectivity index (χ2v) is 8.81. The fraction of sp³-hybridized carbons (Fsp3) is 0.292. The normalized spacial score (nSPS) is 20.1. The molecule has 0 bridgehead atoms. The molecule has 2 aliphatic rings. The van der Waals surface area contributed by atoms with E-state index in [1.54, 1.807) is 10.6 Å². The van der Waals surface area contributed by atoms with E-state index in [4.69, 9.17) is 9.26 Å². The minimum atomic E-state index is -0.353. The molecule has 0 spiro atoms. The van der Waals surface area contributed by atoms with Crippen LogP contribution in [-0.4, -0.2) is 62.2 Å². The molecule has 178 valence electrons. The van der Waals surface area contributed by atoms with Gasteiger partial charge in [0, 0.05) is 30.5 Å². The average Bonchev–Trinajstić information content (AvgIpc) is 3.59. The number of carbonyl (C=O) groups excluding carboxylic acids is 2. The van der Waals surface area contributed by atoms with Crippen molar-refractivity contribution in [1.29, 1.82) is 0 Å². The van der Waals surface area contributed by atoms with Crippen molar-refractivity contribution in [2.75, 3.05) is 25.1 Å². The molecule has 0 saturated carbocycles. The van der Waals surface area contributed by atoms with Crippen LogP contribution in [-0.2, 0) is 9.53 Å². The molecule has 2 aliphatic heterocycles. The molecule has 2 saturated heterocycles. The Bertz CT molecular complexity index is 1460. The Kier molecular flexibility index (Phi) is 5.08. The summed E-state index contributed by atoms with van der Waals surface area (Å²) in [6.45, 7) is 5.20. The molecular weight excluding hydrogens is 450 g/mol. The van der Waals surface area contributed by atoms with E-state index in [-0.39, 0.29) is 30.7 Å². The van der Waals surface area contributed by atoms with Gasteiger partial charge in [-0.25, -0.2) is 9.88 Å². The summed E-state index contributed by atoms with van der Waals surface area (Å²) in [4.78, 5) is 35.8. The van der Waals surface area contributed by atoms with Gasteiger partial charge in [0.1, 0.15) is 30.2 Å². The third-order valence-corrected chi connectivity index (χ3v) is 6.48. The number of nitrogens with zero attached hydrogens (tertiary/aromatic N) is 5. The number of pyridine rings is 1. The summed E-state index contributed by atoms with van der Waals surface area (Å²) in [7, 11) is 0. The Morgan fingerprint density at radius 3 is 2.91 bits per heavy atom. The minimum absolute atomic E-state index is 0.205. The lowest BCUT2D eigenvalue weighted by atomic mass is 10.1.